The second-order valence-electron chi connectivity index (χ2n) is 11.6. The van der Waals surface area contributed by atoms with Gasteiger partial charge in [0.05, 0.1) is 18.7 Å². The molecule has 2 atom stereocenters. The molecule has 0 aliphatic carbocycles. The second kappa shape index (κ2) is 11.6. The molecule has 0 spiro atoms. The Bertz CT molecular complexity index is 1290. The number of benzene rings is 1. The number of hydrogen-bond acceptors (Lipinski definition) is 8. The van der Waals surface area contributed by atoms with Crippen molar-refractivity contribution >= 4 is 28.1 Å². The van der Waals surface area contributed by atoms with Crippen LogP contribution < -0.4 is 15.5 Å². The maximum atomic E-state index is 13.4. The molecule has 39 heavy (non-hydrogen) atoms. The van der Waals surface area contributed by atoms with Crippen molar-refractivity contribution in [2.75, 3.05) is 62.3 Å². The van der Waals surface area contributed by atoms with Gasteiger partial charge in [0.1, 0.15) is 5.69 Å². The number of piperidine rings is 2. The van der Waals surface area contributed by atoms with E-state index in [1.54, 1.807) is 6.20 Å². The SMILES string of the molecule is C[C@@H]1C[C@H](N)CN(c2ccncc2CC(=O)c2ccc3ccc(N4CCC(N5CCOCC5)CC4)cc3n2)C1. The number of aromatic nitrogens is 2. The van der Waals surface area contributed by atoms with E-state index in [1.807, 2.05) is 24.4 Å². The molecule has 0 radical (unpaired) electrons. The van der Waals surface area contributed by atoms with Crippen molar-refractivity contribution in [2.45, 2.75) is 44.7 Å². The lowest BCUT2D eigenvalue weighted by Crippen LogP contribution is -2.49. The van der Waals surface area contributed by atoms with E-state index in [-0.39, 0.29) is 18.2 Å². The lowest BCUT2D eigenvalue weighted by atomic mass is 9.95. The number of carbonyl (C=O) groups is 1. The van der Waals surface area contributed by atoms with Crippen LogP contribution in [0.5, 0.6) is 0 Å². The van der Waals surface area contributed by atoms with Gasteiger partial charge in [0, 0.05) is 92.5 Å². The maximum Gasteiger partial charge on any atom is 0.185 e. The molecule has 3 aliphatic rings. The van der Waals surface area contributed by atoms with E-state index in [4.69, 9.17) is 15.5 Å². The Morgan fingerprint density at radius 2 is 1.82 bits per heavy atom. The highest BCUT2D eigenvalue weighted by atomic mass is 16.5. The van der Waals surface area contributed by atoms with Gasteiger partial charge in [0.15, 0.2) is 5.78 Å². The number of Topliss-reactive ketones (excluding diaryl/α,β-unsaturated/α-hetero) is 1. The van der Waals surface area contributed by atoms with Gasteiger partial charge in [-0.05, 0) is 49.4 Å². The van der Waals surface area contributed by atoms with Gasteiger partial charge in [-0.2, -0.15) is 0 Å². The molecule has 0 amide bonds. The lowest BCUT2D eigenvalue weighted by Gasteiger charge is -2.40. The van der Waals surface area contributed by atoms with Gasteiger partial charge < -0.3 is 20.3 Å². The Morgan fingerprint density at radius 1 is 1.03 bits per heavy atom. The number of hydrogen-bond donors (Lipinski definition) is 1. The van der Waals surface area contributed by atoms with Crippen LogP contribution in [0.2, 0.25) is 0 Å². The first-order valence-corrected chi connectivity index (χ1v) is 14.5. The minimum absolute atomic E-state index is 0.0113. The molecule has 3 aromatic rings. The summed E-state index contributed by atoms with van der Waals surface area (Å²) in [6, 6.07) is 13.1. The van der Waals surface area contributed by atoms with Crippen molar-refractivity contribution in [3.05, 3.63) is 60.0 Å². The number of ketones is 1. The second-order valence-corrected chi connectivity index (χ2v) is 11.6. The fraction of sp³-hybridized carbons (Fsp3) is 0.516. The molecule has 3 fully saturated rings. The highest BCUT2D eigenvalue weighted by Crippen LogP contribution is 2.28. The van der Waals surface area contributed by atoms with E-state index >= 15 is 0 Å². The summed E-state index contributed by atoms with van der Waals surface area (Å²) in [5.74, 6) is 0.532. The minimum Gasteiger partial charge on any atom is -0.379 e. The lowest BCUT2D eigenvalue weighted by molar-refractivity contribution is 0.0115. The standard InChI is InChI=1S/C31H40N6O2/c1-22-16-25(32)21-37(20-22)30-6-9-33-19-24(30)17-31(38)28-5-3-23-2-4-27(18-29(23)34-28)35-10-7-26(8-11-35)36-12-14-39-15-13-36/h2-6,9,18-19,22,25-26H,7-8,10-17,20-21,32H2,1H3/t22-,25+/m1/s1. The normalized spacial score (nSPS) is 23.3. The number of nitrogens with zero attached hydrogens (tertiary/aromatic N) is 5. The number of pyridine rings is 2. The molecule has 0 saturated carbocycles. The van der Waals surface area contributed by atoms with Crippen LogP contribution in [0.3, 0.4) is 0 Å². The summed E-state index contributed by atoms with van der Waals surface area (Å²) >= 11 is 0. The Kier molecular flexibility index (Phi) is 7.77. The zero-order chi connectivity index (χ0) is 26.8. The average molecular weight is 529 g/mol. The van der Waals surface area contributed by atoms with Crippen molar-refractivity contribution in [3.8, 4) is 0 Å². The first-order chi connectivity index (χ1) is 19.0. The van der Waals surface area contributed by atoms with E-state index in [1.165, 1.54) is 5.69 Å². The predicted octanol–water partition coefficient (Wildman–Crippen LogP) is 3.53. The molecule has 2 N–H and O–H groups in total. The molecule has 8 heteroatoms. The summed E-state index contributed by atoms with van der Waals surface area (Å²) in [7, 11) is 0. The largest absolute Gasteiger partial charge is 0.379 e. The van der Waals surface area contributed by atoms with Gasteiger partial charge in [-0.1, -0.05) is 19.1 Å². The summed E-state index contributed by atoms with van der Waals surface area (Å²) in [6.45, 7) is 9.85. The van der Waals surface area contributed by atoms with Gasteiger partial charge in [-0.15, -0.1) is 0 Å². The Morgan fingerprint density at radius 3 is 2.62 bits per heavy atom. The number of morpholine rings is 1. The van der Waals surface area contributed by atoms with Crippen LogP contribution in [0, 0.1) is 5.92 Å². The molecular formula is C31H40N6O2. The monoisotopic (exact) mass is 528 g/mol. The minimum atomic E-state index is 0.0113. The molecule has 6 rings (SSSR count). The van der Waals surface area contributed by atoms with Crippen molar-refractivity contribution in [3.63, 3.8) is 0 Å². The number of ether oxygens (including phenoxy) is 1. The Labute approximate surface area is 231 Å². The molecule has 8 nitrogen and oxygen atoms in total. The zero-order valence-electron chi connectivity index (χ0n) is 23.0. The van der Waals surface area contributed by atoms with E-state index in [9.17, 15) is 4.79 Å². The quantitative estimate of drug-likeness (QED) is 0.487. The topological polar surface area (TPSA) is 87.8 Å². The smallest absolute Gasteiger partial charge is 0.185 e. The van der Waals surface area contributed by atoms with Gasteiger partial charge in [0.2, 0.25) is 0 Å². The zero-order valence-corrected chi connectivity index (χ0v) is 23.0. The summed E-state index contributed by atoms with van der Waals surface area (Å²) in [6.07, 6.45) is 7.25. The van der Waals surface area contributed by atoms with Crippen molar-refractivity contribution < 1.29 is 9.53 Å². The maximum absolute atomic E-state index is 13.4. The molecule has 206 valence electrons. The summed E-state index contributed by atoms with van der Waals surface area (Å²) in [5.41, 5.74) is 10.9. The van der Waals surface area contributed by atoms with E-state index in [2.05, 4.69) is 44.8 Å². The third kappa shape index (κ3) is 5.93. The third-order valence-corrected chi connectivity index (χ3v) is 8.61. The molecule has 0 bridgehead atoms. The highest BCUT2D eigenvalue weighted by Gasteiger charge is 2.27. The third-order valence-electron chi connectivity index (χ3n) is 8.61. The molecule has 3 aliphatic heterocycles. The first kappa shape index (κ1) is 26.2. The molecule has 2 aromatic heterocycles. The van der Waals surface area contributed by atoms with E-state index < -0.39 is 0 Å². The number of nitrogens with two attached hydrogens (primary N) is 1. The fourth-order valence-electron chi connectivity index (χ4n) is 6.61. The van der Waals surface area contributed by atoms with Gasteiger partial charge in [0.25, 0.3) is 0 Å². The number of fused-ring (bicyclic) bond motifs is 1. The van der Waals surface area contributed by atoms with Crippen LogP contribution in [0.25, 0.3) is 10.9 Å². The summed E-state index contributed by atoms with van der Waals surface area (Å²) < 4.78 is 5.53. The molecule has 5 heterocycles. The molecule has 0 unspecified atom stereocenters. The van der Waals surface area contributed by atoms with E-state index in [0.29, 0.717) is 17.7 Å². The fourth-order valence-corrected chi connectivity index (χ4v) is 6.61. The molecular weight excluding hydrogens is 488 g/mol. The molecule has 3 saturated heterocycles. The van der Waals surface area contributed by atoms with Gasteiger partial charge >= 0.3 is 0 Å². The number of carbonyl (C=O) groups excluding carboxylic acids is 1. The van der Waals surface area contributed by atoms with E-state index in [0.717, 1.165) is 93.9 Å². The average Bonchev–Trinajstić information content (AvgIpc) is 2.97. The van der Waals surface area contributed by atoms with Crippen LogP contribution in [0.15, 0.2) is 48.8 Å². The van der Waals surface area contributed by atoms with Crippen LogP contribution in [-0.4, -0.2) is 85.2 Å². The Hall–Kier alpha value is -3.07. The summed E-state index contributed by atoms with van der Waals surface area (Å²) in [5, 5.41) is 1.05. The summed E-state index contributed by atoms with van der Waals surface area (Å²) in [4.78, 5) is 30.0. The molecule has 1 aromatic carbocycles. The Balaban J connectivity index is 1.16. The van der Waals surface area contributed by atoms with Crippen molar-refractivity contribution in [1.29, 1.82) is 0 Å². The highest BCUT2D eigenvalue weighted by molar-refractivity contribution is 5.98. The van der Waals surface area contributed by atoms with Crippen LogP contribution in [0.4, 0.5) is 11.4 Å². The number of anilines is 2. The first-order valence-electron chi connectivity index (χ1n) is 14.5. The van der Waals surface area contributed by atoms with Crippen LogP contribution in [-0.2, 0) is 11.2 Å². The van der Waals surface area contributed by atoms with Crippen molar-refractivity contribution in [1.82, 2.24) is 14.9 Å². The van der Waals surface area contributed by atoms with Crippen LogP contribution in [0.1, 0.15) is 42.2 Å². The van der Waals surface area contributed by atoms with Crippen LogP contribution >= 0.6 is 0 Å². The number of rotatable bonds is 6. The van der Waals surface area contributed by atoms with Gasteiger partial charge in [-0.25, -0.2) is 4.98 Å². The van der Waals surface area contributed by atoms with Crippen molar-refractivity contribution in [2.24, 2.45) is 11.7 Å². The predicted molar refractivity (Wildman–Crippen MR) is 156 cm³/mol. The van der Waals surface area contributed by atoms with Gasteiger partial charge in [-0.3, -0.25) is 14.7 Å².